The molecule has 0 saturated heterocycles. The van der Waals surface area contributed by atoms with Gasteiger partial charge in [0.1, 0.15) is 0 Å². The van der Waals surface area contributed by atoms with Gasteiger partial charge in [-0.1, -0.05) is 57.4 Å². The van der Waals surface area contributed by atoms with Crippen molar-refractivity contribution in [3.8, 4) is 0 Å². The van der Waals surface area contributed by atoms with Crippen LogP contribution in [0.4, 0.5) is 5.69 Å². The van der Waals surface area contributed by atoms with Crippen LogP contribution in [0.1, 0.15) is 35.3 Å². The third-order valence-electron chi connectivity index (χ3n) is 3.91. The van der Waals surface area contributed by atoms with Gasteiger partial charge in [-0.15, -0.1) is 12.6 Å². The standard InChI is InChI=1S/C21H17NOS.C2H6/c1-3-14-5-6-15-7-8-16(13-20(15)19(14)4-2)21(23)22-17-9-11-18(24)12-10-17;1-2/h3-13,24H,1-2H2,(H,22,23);1-2H3. The van der Waals surface area contributed by atoms with Gasteiger partial charge < -0.3 is 5.32 Å². The number of hydrogen-bond acceptors (Lipinski definition) is 2. The average Bonchev–Trinajstić information content (AvgIpc) is 2.69. The number of nitrogens with one attached hydrogen (secondary N) is 1. The first-order valence-corrected chi connectivity index (χ1v) is 8.99. The largest absolute Gasteiger partial charge is 0.322 e. The van der Waals surface area contributed by atoms with Gasteiger partial charge in [0.2, 0.25) is 0 Å². The van der Waals surface area contributed by atoms with E-state index in [1.807, 2.05) is 68.4 Å². The zero-order valence-electron chi connectivity index (χ0n) is 15.1. The van der Waals surface area contributed by atoms with Gasteiger partial charge in [-0.3, -0.25) is 4.79 Å². The highest BCUT2D eigenvalue weighted by atomic mass is 32.1. The van der Waals surface area contributed by atoms with E-state index in [-0.39, 0.29) is 5.91 Å². The lowest BCUT2D eigenvalue weighted by atomic mass is 9.97. The molecule has 3 aromatic carbocycles. The van der Waals surface area contributed by atoms with Crippen LogP contribution in [0.15, 0.2) is 72.7 Å². The molecule has 0 aliphatic heterocycles. The molecule has 0 heterocycles. The van der Waals surface area contributed by atoms with E-state index >= 15 is 0 Å². The van der Waals surface area contributed by atoms with Crippen molar-refractivity contribution in [2.24, 2.45) is 0 Å². The van der Waals surface area contributed by atoms with Crippen molar-refractivity contribution >= 4 is 47.1 Å². The van der Waals surface area contributed by atoms with E-state index in [0.717, 1.165) is 32.5 Å². The normalized spacial score (nSPS) is 9.81. The number of carbonyl (C=O) groups excluding carboxylic acids is 1. The number of rotatable bonds is 4. The fourth-order valence-electron chi connectivity index (χ4n) is 2.65. The van der Waals surface area contributed by atoms with Crippen LogP contribution in [-0.4, -0.2) is 5.91 Å². The molecule has 0 fully saturated rings. The first-order valence-electron chi connectivity index (χ1n) is 8.54. The Labute approximate surface area is 160 Å². The topological polar surface area (TPSA) is 29.1 Å². The summed E-state index contributed by atoms with van der Waals surface area (Å²) in [6.45, 7) is 11.7. The molecule has 0 aliphatic carbocycles. The van der Waals surface area contributed by atoms with Gasteiger partial charge in [-0.05, 0) is 58.3 Å². The van der Waals surface area contributed by atoms with Crippen LogP contribution in [0.5, 0.6) is 0 Å². The molecule has 0 saturated carbocycles. The summed E-state index contributed by atoms with van der Waals surface area (Å²) in [4.78, 5) is 13.4. The van der Waals surface area contributed by atoms with Crippen LogP contribution >= 0.6 is 12.6 Å². The van der Waals surface area contributed by atoms with E-state index in [0.29, 0.717) is 5.56 Å². The Balaban J connectivity index is 0.00000117. The van der Waals surface area contributed by atoms with Crippen LogP contribution < -0.4 is 5.32 Å². The maximum Gasteiger partial charge on any atom is 0.255 e. The van der Waals surface area contributed by atoms with Gasteiger partial charge in [0, 0.05) is 16.1 Å². The summed E-state index contributed by atoms with van der Waals surface area (Å²) in [6, 6.07) is 17.0. The maximum absolute atomic E-state index is 12.5. The van der Waals surface area contributed by atoms with Crippen LogP contribution in [0.3, 0.4) is 0 Å². The van der Waals surface area contributed by atoms with Crippen LogP contribution in [0.25, 0.3) is 22.9 Å². The second-order valence-electron chi connectivity index (χ2n) is 5.41. The third kappa shape index (κ3) is 4.24. The zero-order valence-corrected chi connectivity index (χ0v) is 16.0. The molecule has 3 rings (SSSR count). The minimum absolute atomic E-state index is 0.150. The number of carbonyl (C=O) groups is 1. The second-order valence-corrected chi connectivity index (χ2v) is 5.93. The smallest absolute Gasteiger partial charge is 0.255 e. The molecule has 0 unspecified atom stereocenters. The molecular weight excluding hydrogens is 338 g/mol. The molecule has 1 N–H and O–H groups in total. The number of thiol groups is 1. The first kappa shape index (κ1) is 19.5. The Hall–Kier alpha value is -2.78. The van der Waals surface area contributed by atoms with Gasteiger partial charge in [0.25, 0.3) is 5.91 Å². The quantitative estimate of drug-likeness (QED) is 0.498. The first-order chi connectivity index (χ1) is 12.6. The van der Waals surface area contributed by atoms with Crippen molar-refractivity contribution in [2.45, 2.75) is 18.7 Å². The van der Waals surface area contributed by atoms with E-state index in [9.17, 15) is 4.79 Å². The van der Waals surface area contributed by atoms with Crippen molar-refractivity contribution in [3.05, 3.63) is 84.4 Å². The molecule has 0 bridgehead atoms. The highest BCUT2D eigenvalue weighted by Gasteiger charge is 2.09. The van der Waals surface area contributed by atoms with E-state index in [4.69, 9.17) is 0 Å². The summed E-state index contributed by atoms with van der Waals surface area (Å²) < 4.78 is 0. The van der Waals surface area contributed by atoms with Gasteiger partial charge in [-0.25, -0.2) is 0 Å². The van der Waals surface area contributed by atoms with E-state index in [1.165, 1.54) is 0 Å². The van der Waals surface area contributed by atoms with Gasteiger partial charge in [0.15, 0.2) is 0 Å². The Kier molecular flexibility index (Phi) is 6.81. The maximum atomic E-state index is 12.5. The molecule has 1 amide bonds. The molecule has 0 radical (unpaired) electrons. The number of fused-ring (bicyclic) bond motifs is 1. The third-order valence-corrected chi connectivity index (χ3v) is 4.21. The van der Waals surface area contributed by atoms with Crippen LogP contribution in [-0.2, 0) is 0 Å². The van der Waals surface area contributed by atoms with Crippen molar-refractivity contribution in [3.63, 3.8) is 0 Å². The Morgan fingerprint density at radius 1 is 0.962 bits per heavy atom. The lowest BCUT2D eigenvalue weighted by Crippen LogP contribution is -2.11. The zero-order chi connectivity index (χ0) is 19.1. The monoisotopic (exact) mass is 361 g/mol. The molecule has 0 spiro atoms. The van der Waals surface area contributed by atoms with E-state index in [2.05, 4.69) is 31.1 Å². The highest BCUT2D eigenvalue weighted by Crippen LogP contribution is 2.26. The minimum Gasteiger partial charge on any atom is -0.322 e. The molecule has 2 nitrogen and oxygen atoms in total. The lowest BCUT2D eigenvalue weighted by molar-refractivity contribution is 0.102. The fourth-order valence-corrected chi connectivity index (χ4v) is 2.80. The van der Waals surface area contributed by atoms with Gasteiger partial charge in [-0.2, -0.15) is 0 Å². The lowest BCUT2D eigenvalue weighted by Gasteiger charge is -2.10. The van der Waals surface area contributed by atoms with Crippen molar-refractivity contribution in [2.75, 3.05) is 5.32 Å². The van der Waals surface area contributed by atoms with Crippen LogP contribution in [0, 0.1) is 0 Å². The van der Waals surface area contributed by atoms with Gasteiger partial charge in [0.05, 0.1) is 0 Å². The Morgan fingerprint density at radius 3 is 2.23 bits per heavy atom. The molecule has 132 valence electrons. The van der Waals surface area contributed by atoms with Crippen LogP contribution in [0.2, 0.25) is 0 Å². The summed E-state index contributed by atoms with van der Waals surface area (Å²) in [5.41, 5.74) is 3.32. The van der Waals surface area contributed by atoms with Gasteiger partial charge >= 0.3 is 0 Å². The summed E-state index contributed by atoms with van der Waals surface area (Å²) in [6.07, 6.45) is 3.59. The molecule has 0 aromatic heterocycles. The molecule has 0 aliphatic rings. The number of hydrogen-bond donors (Lipinski definition) is 2. The van der Waals surface area contributed by atoms with Crippen molar-refractivity contribution < 1.29 is 4.79 Å². The van der Waals surface area contributed by atoms with E-state index < -0.39 is 0 Å². The van der Waals surface area contributed by atoms with Crippen molar-refractivity contribution in [1.29, 1.82) is 0 Å². The van der Waals surface area contributed by atoms with Crippen molar-refractivity contribution in [1.82, 2.24) is 0 Å². The number of amides is 1. The van der Waals surface area contributed by atoms with E-state index in [1.54, 1.807) is 12.2 Å². The average molecular weight is 362 g/mol. The summed E-state index contributed by atoms with van der Waals surface area (Å²) in [7, 11) is 0. The molecule has 3 aromatic rings. The molecular formula is C23H23NOS. The molecule has 0 atom stereocenters. The summed E-state index contributed by atoms with van der Waals surface area (Å²) >= 11 is 4.24. The highest BCUT2D eigenvalue weighted by molar-refractivity contribution is 7.80. The molecule has 3 heteroatoms. The Bertz CT molecular complexity index is 942. The predicted octanol–water partition coefficient (Wildman–Crippen LogP) is 6.69. The predicted molar refractivity (Wildman–Crippen MR) is 117 cm³/mol. The SMILES string of the molecule is C=Cc1ccc2ccc(C(=O)Nc3ccc(S)cc3)cc2c1C=C.CC. The number of benzene rings is 3. The summed E-state index contributed by atoms with van der Waals surface area (Å²) in [5, 5.41) is 4.95. The minimum atomic E-state index is -0.150. The second kappa shape index (κ2) is 9.07. The molecule has 26 heavy (non-hydrogen) atoms. The number of anilines is 1. The summed E-state index contributed by atoms with van der Waals surface area (Å²) in [5.74, 6) is -0.150. The fraction of sp³-hybridized carbons (Fsp3) is 0.0870. The Morgan fingerprint density at radius 2 is 1.62 bits per heavy atom.